The maximum Gasteiger partial charge on any atom is 0.191 e. The van der Waals surface area contributed by atoms with Crippen LogP contribution in [0.3, 0.4) is 0 Å². The molecule has 0 unspecified atom stereocenters. The van der Waals surface area contributed by atoms with Crippen LogP contribution < -0.4 is 5.73 Å². The number of ether oxygens (including phenoxy) is 1. The van der Waals surface area contributed by atoms with Crippen LogP contribution in [-0.4, -0.2) is 24.2 Å². The number of hydrogen-bond acceptors (Lipinski definition) is 4. The lowest BCUT2D eigenvalue weighted by Crippen LogP contribution is -2.07. The number of rotatable bonds is 2. The third-order valence-electron chi connectivity index (χ3n) is 1.32. The number of aliphatic hydroxyl groups is 1. The Balaban J connectivity index is 2.50. The minimum absolute atomic E-state index is 0.00192. The van der Waals surface area contributed by atoms with E-state index in [1.54, 1.807) is 6.08 Å². The third kappa shape index (κ3) is 2.75. The van der Waals surface area contributed by atoms with Gasteiger partial charge in [-0.05, 0) is 6.08 Å². The lowest BCUT2D eigenvalue weighted by Gasteiger charge is -2.02. The van der Waals surface area contributed by atoms with E-state index in [9.17, 15) is 0 Å². The van der Waals surface area contributed by atoms with Crippen LogP contribution >= 0.6 is 0 Å². The molecule has 0 spiro atoms. The molecule has 0 amide bonds. The van der Waals surface area contributed by atoms with Gasteiger partial charge in [-0.2, -0.15) is 0 Å². The normalized spacial score (nSPS) is 16.4. The van der Waals surface area contributed by atoms with E-state index in [4.69, 9.17) is 15.6 Å². The van der Waals surface area contributed by atoms with Gasteiger partial charge in [0.25, 0.3) is 0 Å². The molecule has 0 aromatic rings. The van der Waals surface area contributed by atoms with E-state index in [1.807, 2.05) is 6.08 Å². The van der Waals surface area contributed by atoms with Crippen molar-refractivity contribution in [3.8, 4) is 0 Å². The molecule has 0 fully saturated rings. The molecular weight excluding hydrogens is 156 g/mol. The van der Waals surface area contributed by atoms with Crippen LogP contribution in [0.4, 0.5) is 0 Å². The lowest BCUT2D eigenvalue weighted by atomic mass is 10.3. The number of aliphatic imine (C=N–C) groups is 1. The average molecular weight is 168 g/mol. The van der Waals surface area contributed by atoms with Gasteiger partial charge in [0.2, 0.25) is 0 Å². The highest BCUT2D eigenvalue weighted by Crippen LogP contribution is 2.01. The maximum atomic E-state index is 8.48. The van der Waals surface area contributed by atoms with Gasteiger partial charge < -0.3 is 15.6 Å². The van der Waals surface area contributed by atoms with Crippen LogP contribution in [-0.2, 0) is 4.74 Å². The van der Waals surface area contributed by atoms with E-state index in [1.165, 1.54) is 6.20 Å². The Hall–Kier alpha value is -1.29. The zero-order valence-corrected chi connectivity index (χ0v) is 6.73. The zero-order chi connectivity index (χ0) is 8.81. The Bertz CT molecular complexity index is 231. The van der Waals surface area contributed by atoms with E-state index in [0.717, 1.165) is 0 Å². The van der Waals surface area contributed by atoms with E-state index in [0.29, 0.717) is 18.0 Å². The second-order valence-electron chi connectivity index (χ2n) is 2.33. The summed E-state index contributed by atoms with van der Waals surface area (Å²) >= 11 is 0. The number of aliphatic hydroxyl groups excluding tert-OH is 1. The maximum absolute atomic E-state index is 8.48. The van der Waals surface area contributed by atoms with Crippen molar-refractivity contribution in [1.82, 2.24) is 0 Å². The molecule has 66 valence electrons. The first-order chi connectivity index (χ1) is 5.83. The first kappa shape index (κ1) is 8.80. The van der Waals surface area contributed by atoms with Gasteiger partial charge in [0.05, 0.1) is 12.8 Å². The molecule has 0 aromatic heterocycles. The van der Waals surface area contributed by atoms with Crippen molar-refractivity contribution in [2.45, 2.75) is 6.42 Å². The Morgan fingerprint density at radius 1 is 1.67 bits per heavy atom. The molecular formula is C8H12N2O2. The first-order valence-corrected chi connectivity index (χ1v) is 3.75. The van der Waals surface area contributed by atoms with E-state index in [2.05, 4.69) is 4.99 Å². The van der Waals surface area contributed by atoms with Crippen molar-refractivity contribution in [2.24, 2.45) is 10.7 Å². The fourth-order valence-corrected chi connectivity index (χ4v) is 0.798. The minimum atomic E-state index is 0.00192. The Morgan fingerprint density at radius 3 is 3.25 bits per heavy atom. The van der Waals surface area contributed by atoms with Crippen molar-refractivity contribution >= 4 is 5.90 Å². The highest BCUT2D eigenvalue weighted by Gasteiger charge is 1.99. The second kappa shape index (κ2) is 4.56. The first-order valence-electron chi connectivity index (χ1n) is 3.75. The Kier molecular flexibility index (Phi) is 3.35. The number of nitrogens with two attached hydrogens (primary N) is 1. The number of allylic oxidation sites excluding steroid dienone is 1. The lowest BCUT2D eigenvalue weighted by molar-refractivity contribution is 0.191. The number of hydrogen-bond donors (Lipinski definition) is 2. The molecule has 0 saturated heterocycles. The molecule has 0 bridgehead atoms. The van der Waals surface area contributed by atoms with Crippen molar-refractivity contribution < 1.29 is 9.84 Å². The highest BCUT2D eigenvalue weighted by molar-refractivity contribution is 5.78. The van der Waals surface area contributed by atoms with Gasteiger partial charge in [0.15, 0.2) is 5.90 Å². The summed E-state index contributed by atoms with van der Waals surface area (Å²) in [4.78, 5) is 3.98. The molecule has 1 rings (SSSR count). The monoisotopic (exact) mass is 168 g/mol. The van der Waals surface area contributed by atoms with Crippen molar-refractivity contribution in [2.75, 3.05) is 13.2 Å². The van der Waals surface area contributed by atoms with Gasteiger partial charge in [0, 0.05) is 12.1 Å². The molecule has 1 heterocycles. The van der Waals surface area contributed by atoms with E-state index < -0.39 is 0 Å². The van der Waals surface area contributed by atoms with Crippen LogP contribution in [0.15, 0.2) is 29.0 Å². The summed E-state index contributed by atoms with van der Waals surface area (Å²) in [6.07, 6.45) is 5.81. The molecule has 3 N–H and O–H groups in total. The van der Waals surface area contributed by atoms with Crippen LogP contribution in [0, 0.1) is 0 Å². The Morgan fingerprint density at radius 2 is 2.50 bits per heavy atom. The molecule has 0 aliphatic carbocycles. The quantitative estimate of drug-likeness (QED) is 0.617. The van der Waals surface area contributed by atoms with Crippen LogP contribution in [0.2, 0.25) is 0 Å². The van der Waals surface area contributed by atoms with Crippen molar-refractivity contribution in [1.29, 1.82) is 0 Å². The fourth-order valence-electron chi connectivity index (χ4n) is 0.798. The van der Waals surface area contributed by atoms with Crippen LogP contribution in [0.25, 0.3) is 0 Å². The topological polar surface area (TPSA) is 67.8 Å². The predicted octanol–water partition coefficient (Wildman–Crippen LogP) is 0.154. The summed E-state index contributed by atoms with van der Waals surface area (Å²) in [7, 11) is 0. The van der Waals surface area contributed by atoms with Gasteiger partial charge in [0.1, 0.15) is 6.61 Å². The molecule has 1 aliphatic heterocycles. The van der Waals surface area contributed by atoms with E-state index in [-0.39, 0.29) is 13.2 Å². The summed E-state index contributed by atoms with van der Waals surface area (Å²) in [5.41, 5.74) is 6.10. The largest absolute Gasteiger partial charge is 0.478 e. The third-order valence-corrected chi connectivity index (χ3v) is 1.32. The summed E-state index contributed by atoms with van der Waals surface area (Å²) in [5.74, 6) is 0.584. The summed E-state index contributed by atoms with van der Waals surface area (Å²) in [6, 6.07) is 0. The summed E-state index contributed by atoms with van der Waals surface area (Å²) in [5, 5.41) is 8.48. The Labute approximate surface area is 71.1 Å². The zero-order valence-electron chi connectivity index (χ0n) is 6.73. The van der Waals surface area contributed by atoms with Gasteiger partial charge in [-0.25, -0.2) is 4.99 Å². The number of nitrogens with zero attached hydrogens (tertiary/aromatic N) is 1. The molecule has 0 aromatic carbocycles. The molecule has 0 saturated carbocycles. The molecule has 4 nitrogen and oxygen atoms in total. The average Bonchev–Trinajstić information content (AvgIpc) is 2.27. The standard InChI is InChI=1S/C8H12N2O2/c9-7-2-1-3-8(10-6-7)12-5-4-11/h1-2,6,11H,3-5,9H2. The molecule has 0 atom stereocenters. The summed E-state index contributed by atoms with van der Waals surface area (Å²) in [6.45, 7) is 0.280. The van der Waals surface area contributed by atoms with Crippen LogP contribution in [0.1, 0.15) is 6.42 Å². The van der Waals surface area contributed by atoms with Crippen molar-refractivity contribution in [3.05, 3.63) is 24.0 Å². The van der Waals surface area contributed by atoms with Crippen molar-refractivity contribution in [3.63, 3.8) is 0 Å². The summed E-state index contributed by atoms with van der Waals surface area (Å²) < 4.78 is 5.11. The minimum Gasteiger partial charge on any atom is -0.478 e. The van der Waals surface area contributed by atoms with Gasteiger partial charge in [-0.1, -0.05) is 6.08 Å². The molecule has 12 heavy (non-hydrogen) atoms. The predicted molar refractivity (Wildman–Crippen MR) is 46.5 cm³/mol. The van der Waals surface area contributed by atoms with Gasteiger partial charge >= 0.3 is 0 Å². The molecule has 1 aliphatic rings. The smallest absolute Gasteiger partial charge is 0.191 e. The SMILES string of the molecule is NC1=CN=C(OCCO)CC=C1. The fraction of sp³-hybridized carbons (Fsp3) is 0.375. The van der Waals surface area contributed by atoms with Gasteiger partial charge in [-0.15, -0.1) is 0 Å². The molecule has 0 radical (unpaired) electrons. The van der Waals surface area contributed by atoms with Crippen LogP contribution in [0.5, 0.6) is 0 Å². The molecule has 4 heteroatoms. The van der Waals surface area contributed by atoms with E-state index >= 15 is 0 Å². The second-order valence-corrected chi connectivity index (χ2v) is 2.33. The van der Waals surface area contributed by atoms with Gasteiger partial charge in [-0.3, -0.25) is 0 Å². The highest BCUT2D eigenvalue weighted by atomic mass is 16.5.